The molecule has 0 saturated carbocycles. The van der Waals surface area contributed by atoms with E-state index in [0.717, 1.165) is 0 Å². The highest BCUT2D eigenvalue weighted by Crippen LogP contribution is 2.01. The molecule has 0 N–H and O–H groups in total. The van der Waals surface area contributed by atoms with Gasteiger partial charge in [-0.15, -0.1) is 6.58 Å². The highest BCUT2D eigenvalue weighted by Gasteiger charge is 2.13. The first kappa shape index (κ1) is 14.3. The van der Waals surface area contributed by atoms with Gasteiger partial charge in [0.05, 0.1) is 6.61 Å². The normalized spacial score (nSPS) is 12.5. The Morgan fingerprint density at radius 3 is 2.07 bits per heavy atom. The zero-order valence-electron chi connectivity index (χ0n) is 9.66. The summed E-state index contributed by atoms with van der Waals surface area (Å²) in [5, 5.41) is 0. The molecule has 0 atom stereocenters. The lowest BCUT2D eigenvalue weighted by Crippen LogP contribution is -2.32. The fourth-order valence-corrected chi connectivity index (χ4v) is 3.09. The Hall–Kier alpha value is 0.271. The Bertz CT molecular complexity index is 143. The van der Waals surface area contributed by atoms with Crippen molar-refractivity contribution in [2.45, 2.75) is 32.5 Å². The van der Waals surface area contributed by atoms with Gasteiger partial charge in [0.2, 0.25) is 0 Å². The minimum absolute atomic E-state index is 0.124. The minimum atomic E-state index is -1.03. The highest BCUT2D eigenvalue weighted by atomic mass is 28.3. The first-order chi connectivity index (χ1) is 6.56. The summed E-state index contributed by atoms with van der Waals surface area (Å²) in [5.74, 6) is 0. The largest absolute Gasteiger partial charge is 0.414 e. The zero-order valence-corrected chi connectivity index (χ0v) is 13.4. The van der Waals surface area contributed by atoms with E-state index in [4.69, 9.17) is 13.3 Å². The summed E-state index contributed by atoms with van der Waals surface area (Å²) in [7, 11) is -2.62. The molecule has 0 unspecified atom stereocenters. The van der Waals surface area contributed by atoms with E-state index in [-0.39, 0.29) is 6.29 Å². The second-order valence-corrected chi connectivity index (χ2v) is 9.68. The summed E-state index contributed by atoms with van der Waals surface area (Å²) >= 11 is 0. The predicted molar refractivity (Wildman–Crippen MR) is 68.4 cm³/mol. The molecule has 0 radical (unpaired) electrons. The fourth-order valence-electron chi connectivity index (χ4n) is 0.965. The molecule has 0 aromatic carbocycles. The fraction of sp³-hybridized carbons (Fsp3) is 0.750. The lowest BCUT2D eigenvalue weighted by molar-refractivity contribution is -0.0300. The Morgan fingerprint density at radius 1 is 1.21 bits per heavy atom. The summed E-state index contributed by atoms with van der Waals surface area (Å²) < 4.78 is 16.9. The van der Waals surface area contributed by atoms with Crippen molar-refractivity contribution in [2.24, 2.45) is 0 Å². The Morgan fingerprint density at radius 2 is 1.71 bits per heavy atom. The van der Waals surface area contributed by atoms with Gasteiger partial charge in [-0.25, -0.2) is 0 Å². The van der Waals surface area contributed by atoms with Gasteiger partial charge in [0, 0.05) is 0 Å². The molecule has 3 nitrogen and oxygen atoms in total. The molecule has 0 rings (SSSR count). The predicted octanol–water partition coefficient (Wildman–Crippen LogP) is 0.556. The Labute approximate surface area is 92.8 Å². The van der Waals surface area contributed by atoms with Gasteiger partial charge in [-0.3, -0.25) is 0 Å². The Kier molecular flexibility index (Phi) is 8.73. The number of hydrogen-bond donors (Lipinski definition) is 0. The van der Waals surface area contributed by atoms with Crippen LogP contribution in [0.2, 0.25) is 26.2 Å². The lowest BCUT2D eigenvalue weighted by Gasteiger charge is -2.22. The third-order valence-corrected chi connectivity index (χ3v) is 3.74. The number of hydrogen-bond acceptors (Lipinski definition) is 3. The van der Waals surface area contributed by atoms with Crippen LogP contribution in [0.4, 0.5) is 0 Å². The first-order valence-electron chi connectivity index (χ1n) is 5.05. The summed E-state index contributed by atoms with van der Waals surface area (Å²) in [4.78, 5) is 0. The molecule has 0 aliphatic rings. The first-order valence-corrected chi connectivity index (χ1v) is 12.0. The molecule has 14 heavy (non-hydrogen) atoms. The molecule has 0 aromatic rings. The summed E-state index contributed by atoms with van der Waals surface area (Å²) in [5.41, 5.74) is 1.87. The van der Waals surface area contributed by atoms with Crippen molar-refractivity contribution in [2.75, 3.05) is 6.61 Å². The Balaban J connectivity index is 3.77. The van der Waals surface area contributed by atoms with Crippen LogP contribution in [0.3, 0.4) is 0 Å². The highest BCUT2D eigenvalue weighted by molar-refractivity contribution is 6.49. The molecule has 0 amide bonds. The van der Waals surface area contributed by atoms with E-state index in [1.807, 2.05) is 5.70 Å². The quantitative estimate of drug-likeness (QED) is 0.358. The van der Waals surface area contributed by atoms with E-state index in [0.29, 0.717) is 6.61 Å². The van der Waals surface area contributed by atoms with Crippen LogP contribution in [0.15, 0.2) is 12.3 Å². The van der Waals surface area contributed by atoms with Crippen molar-refractivity contribution in [3.63, 3.8) is 0 Å². The molecule has 0 heterocycles. The molecule has 0 fully saturated rings. The van der Waals surface area contributed by atoms with E-state index in [1.54, 1.807) is 0 Å². The lowest BCUT2D eigenvalue weighted by atomic mass is 10.7. The molecule has 0 saturated heterocycles. The monoisotopic (exact) mass is 250 g/mol. The maximum Gasteiger partial charge on any atom is 0.184 e. The van der Waals surface area contributed by atoms with E-state index in [2.05, 4.69) is 32.8 Å². The van der Waals surface area contributed by atoms with Crippen LogP contribution in [0.1, 0.15) is 0 Å². The van der Waals surface area contributed by atoms with Crippen LogP contribution < -0.4 is 0 Å². The van der Waals surface area contributed by atoms with E-state index >= 15 is 0 Å². The minimum Gasteiger partial charge on any atom is -0.414 e. The zero-order chi connectivity index (χ0) is 11.0. The summed E-state index contributed by atoms with van der Waals surface area (Å²) in [6, 6.07) is 0. The van der Waals surface area contributed by atoms with Crippen molar-refractivity contribution in [1.82, 2.24) is 0 Å². The van der Waals surface area contributed by atoms with Gasteiger partial charge in [-0.1, -0.05) is 5.70 Å². The molecular formula is C8H22O3Si3. The van der Waals surface area contributed by atoms with Crippen LogP contribution in [0.25, 0.3) is 0 Å². The third-order valence-electron chi connectivity index (χ3n) is 1.34. The average Bonchev–Trinajstić information content (AvgIpc) is 2.02. The molecule has 0 bridgehead atoms. The van der Waals surface area contributed by atoms with E-state index in [1.165, 1.54) is 0 Å². The molecule has 0 aliphatic carbocycles. The van der Waals surface area contributed by atoms with E-state index in [9.17, 15) is 0 Å². The molecule has 84 valence electrons. The van der Waals surface area contributed by atoms with Crippen molar-refractivity contribution in [3.05, 3.63) is 12.3 Å². The molecule has 6 heteroatoms. The maximum absolute atomic E-state index is 5.72. The van der Waals surface area contributed by atoms with Crippen LogP contribution in [-0.2, 0) is 13.3 Å². The standard InChI is InChI=1S/C8H22O3Si3/c1-6-12-9-7-8(10-13(2)3)11-14(4)5/h6,8,13-14H,1,7,12H2,2-5H3. The van der Waals surface area contributed by atoms with Crippen LogP contribution in [0.5, 0.6) is 0 Å². The smallest absolute Gasteiger partial charge is 0.184 e. The van der Waals surface area contributed by atoms with Crippen LogP contribution in [0, 0.1) is 0 Å². The second-order valence-electron chi connectivity index (χ2n) is 3.63. The van der Waals surface area contributed by atoms with Crippen LogP contribution in [-0.4, -0.2) is 40.7 Å². The van der Waals surface area contributed by atoms with Crippen molar-refractivity contribution in [1.29, 1.82) is 0 Å². The van der Waals surface area contributed by atoms with Gasteiger partial charge in [-0.05, 0) is 26.2 Å². The van der Waals surface area contributed by atoms with Gasteiger partial charge in [-0.2, -0.15) is 0 Å². The summed E-state index contributed by atoms with van der Waals surface area (Å²) in [6.45, 7) is 12.8. The van der Waals surface area contributed by atoms with Gasteiger partial charge in [0.25, 0.3) is 0 Å². The van der Waals surface area contributed by atoms with Gasteiger partial charge in [0.1, 0.15) is 0 Å². The van der Waals surface area contributed by atoms with Gasteiger partial charge < -0.3 is 13.3 Å². The topological polar surface area (TPSA) is 27.7 Å². The van der Waals surface area contributed by atoms with E-state index < -0.39 is 27.8 Å². The van der Waals surface area contributed by atoms with Crippen molar-refractivity contribution < 1.29 is 13.3 Å². The molecule has 0 spiro atoms. The second kappa shape index (κ2) is 8.57. The molecular weight excluding hydrogens is 228 g/mol. The SMILES string of the molecule is C=C[SiH2]OCC(O[SiH](C)C)O[SiH](C)C. The maximum atomic E-state index is 5.72. The van der Waals surface area contributed by atoms with Gasteiger partial charge >= 0.3 is 0 Å². The third kappa shape index (κ3) is 8.85. The molecule has 0 aliphatic heterocycles. The average molecular weight is 251 g/mol. The van der Waals surface area contributed by atoms with Crippen molar-refractivity contribution >= 4 is 27.8 Å². The van der Waals surface area contributed by atoms with Crippen LogP contribution >= 0.6 is 0 Å². The van der Waals surface area contributed by atoms with Gasteiger partial charge in [0.15, 0.2) is 34.1 Å². The molecule has 0 aromatic heterocycles. The number of rotatable bonds is 8. The van der Waals surface area contributed by atoms with Crippen molar-refractivity contribution in [3.8, 4) is 0 Å². The summed E-state index contributed by atoms with van der Waals surface area (Å²) in [6.07, 6.45) is -0.124.